The Morgan fingerprint density at radius 2 is 0.971 bits per heavy atom. The molecule has 0 saturated carbocycles. The lowest BCUT2D eigenvalue weighted by atomic mass is 9.91. The molecule has 4 rings (SSSR count). The van der Waals surface area contributed by atoms with E-state index in [0.29, 0.717) is 29.2 Å². The molecule has 4 aliphatic rings. The molecule has 0 aromatic rings. The van der Waals surface area contributed by atoms with E-state index in [1.165, 1.54) is 64.7 Å². The van der Waals surface area contributed by atoms with Gasteiger partial charge in [0.15, 0.2) is 0 Å². The Hall–Kier alpha value is -0.420. The molecule has 0 aromatic carbocycles. The summed E-state index contributed by atoms with van der Waals surface area (Å²) in [7, 11) is 0. The Morgan fingerprint density at radius 3 is 1.31 bits per heavy atom. The fraction of sp³-hybridized carbons (Fsp3) is 0.935. The number of nitrogens with zero attached hydrogens (tertiary/aromatic N) is 4. The summed E-state index contributed by atoms with van der Waals surface area (Å²) < 4.78 is 0. The average molecular weight is 489 g/mol. The van der Waals surface area contributed by atoms with Crippen LogP contribution in [0.5, 0.6) is 0 Å². The molecule has 4 heteroatoms. The molecule has 4 heterocycles. The monoisotopic (exact) mass is 488 g/mol. The molecular formula is C31H60N4. The highest BCUT2D eigenvalue weighted by Gasteiger charge is 2.43. The molecule has 0 radical (unpaired) electrons. The summed E-state index contributed by atoms with van der Waals surface area (Å²) in [5.41, 5.74) is 0.916. The molecule has 4 atom stereocenters. The van der Waals surface area contributed by atoms with E-state index in [9.17, 15) is 0 Å². The molecule has 3 fully saturated rings. The maximum Gasteiger partial charge on any atom is 0.0266 e. The van der Waals surface area contributed by atoms with Gasteiger partial charge in [-0.05, 0) is 102 Å². The van der Waals surface area contributed by atoms with Gasteiger partial charge in [0.25, 0.3) is 0 Å². The molecule has 0 aliphatic carbocycles. The Kier molecular flexibility index (Phi) is 9.27. The lowest BCUT2D eigenvalue weighted by Crippen LogP contribution is -2.66. The molecule has 4 unspecified atom stereocenters. The molecule has 204 valence electrons. The number of hydrogen-bond donors (Lipinski definition) is 0. The zero-order valence-electron chi connectivity index (χ0n) is 25.4. The Balaban J connectivity index is 0.000000196. The molecular weight excluding hydrogens is 428 g/mol. The smallest absolute Gasteiger partial charge is 0.0266 e. The third-order valence-corrected chi connectivity index (χ3v) is 8.86. The van der Waals surface area contributed by atoms with Crippen molar-refractivity contribution in [2.45, 2.75) is 162 Å². The first-order valence-electron chi connectivity index (χ1n) is 14.8. The van der Waals surface area contributed by atoms with Crippen LogP contribution in [0.25, 0.3) is 0 Å². The van der Waals surface area contributed by atoms with Crippen molar-refractivity contribution in [3.63, 3.8) is 0 Å². The average Bonchev–Trinajstić information content (AvgIpc) is 2.94. The Morgan fingerprint density at radius 1 is 0.571 bits per heavy atom. The normalized spacial score (nSPS) is 32.1. The number of rotatable bonds is 1. The van der Waals surface area contributed by atoms with E-state index in [2.05, 4.69) is 108 Å². The molecule has 35 heavy (non-hydrogen) atoms. The topological polar surface area (TPSA) is 13.0 Å². The molecule has 4 nitrogen and oxygen atoms in total. The van der Waals surface area contributed by atoms with Crippen LogP contribution in [-0.2, 0) is 0 Å². The highest BCUT2D eigenvalue weighted by Crippen LogP contribution is 2.35. The maximum atomic E-state index is 2.83. The van der Waals surface area contributed by atoms with Crippen LogP contribution < -0.4 is 0 Å². The summed E-state index contributed by atoms with van der Waals surface area (Å²) in [6.07, 6.45) is 12.9. The second-order valence-electron chi connectivity index (χ2n) is 15.1. The van der Waals surface area contributed by atoms with Gasteiger partial charge in [-0.25, -0.2) is 0 Å². The summed E-state index contributed by atoms with van der Waals surface area (Å²) in [4.78, 5) is 11.0. The first kappa shape index (κ1) is 29.1. The van der Waals surface area contributed by atoms with E-state index in [4.69, 9.17) is 0 Å². The van der Waals surface area contributed by atoms with Crippen molar-refractivity contribution in [3.05, 3.63) is 12.2 Å². The summed E-state index contributed by atoms with van der Waals surface area (Å²) in [5.74, 6) is 0. The summed E-state index contributed by atoms with van der Waals surface area (Å²) in [5, 5.41) is 0. The van der Waals surface area contributed by atoms with Crippen molar-refractivity contribution >= 4 is 0 Å². The standard InChI is InChI=1S/C16H30N2.C15H30N2/c1-15(2,3)17-11-13-9-7-8-10-14(12-17)18(13)16(4,5)6;1-12(2)16-10-13-8-6-7-9-14(11-16)17(13)15(3,4)5/h7-8,13-14H,9-12H2,1-6H3;12-14H,6-11H2,1-5H3. The van der Waals surface area contributed by atoms with Crippen LogP contribution in [0.15, 0.2) is 12.2 Å². The SMILES string of the molecule is CC(C)(C)N1CC2CC=CCC(C1)N2C(C)(C)C.CC(C)N1CC2CCCCC(C1)N2C(C)(C)C. The van der Waals surface area contributed by atoms with Crippen molar-refractivity contribution in [2.75, 3.05) is 26.2 Å². The van der Waals surface area contributed by atoms with Crippen molar-refractivity contribution < 1.29 is 0 Å². The minimum atomic E-state index is 0.283. The minimum absolute atomic E-state index is 0.283. The zero-order chi connectivity index (χ0) is 26.2. The van der Waals surface area contributed by atoms with Gasteiger partial charge in [-0.15, -0.1) is 0 Å². The molecule has 4 bridgehead atoms. The van der Waals surface area contributed by atoms with Gasteiger partial charge in [-0.1, -0.05) is 25.0 Å². The van der Waals surface area contributed by atoms with Gasteiger partial charge in [0, 0.05) is 73.0 Å². The molecule has 3 saturated heterocycles. The zero-order valence-corrected chi connectivity index (χ0v) is 25.4. The van der Waals surface area contributed by atoms with Crippen LogP contribution >= 0.6 is 0 Å². The highest BCUT2D eigenvalue weighted by molar-refractivity contribution is 5.06. The molecule has 0 N–H and O–H groups in total. The van der Waals surface area contributed by atoms with Crippen molar-refractivity contribution in [1.29, 1.82) is 0 Å². The van der Waals surface area contributed by atoms with Crippen LogP contribution in [-0.4, -0.2) is 92.6 Å². The van der Waals surface area contributed by atoms with Gasteiger partial charge in [0.05, 0.1) is 0 Å². The van der Waals surface area contributed by atoms with Gasteiger partial charge in [-0.2, -0.15) is 0 Å². The lowest BCUT2D eigenvalue weighted by molar-refractivity contribution is -0.0579. The number of fused-ring (bicyclic) bond motifs is 4. The van der Waals surface area contributed by atoms with E-state index in [1.807, 2.05) is 0 Å². The summed E-state index contributed by atoms with van der Waals surface area (Å²) in [6, 6.07) is 3.65. The van der Waals surface area contributed by atoms with Crippen LogP contribution in [0.4, 0.5) is 0 Å². The maximum absolute atomic E-state index is 2.83. The van der Waals surface area contributed by atoms with E-state index in [1.54, 1.807) is 0 Å². The van der Waals surface area contributed by atoms with Crippen LogP contribution in [0.3, 0.4) is 0 Å². The lowest BCUT2D eigenvalue weighted by Gasteiger charge is -2.54. The summed E-state index contributed by atoms with van der Waals surface area (Å²) >= 11 is 0. The summed E-state index contributed by atoms with van der Waals surface area (Å²) in [6.45, 7) is 31.0. The number of piperazine rings is 2. The highest BCUT2D eigenvalue weighted by atomic mass is 15.4. The van der Waals surface area contributed by atoms with E-state index in [0.717, 1.165) is 12.1 Å². The Labute approximate surface area is 219 Å². The molecule has 4 aliphatic heterocycles. The van der Waals surface area contributed by atoms with Crippen molar-refractivity contribution in [3.8, 4) is 0 Å². The van der Waals surface area contributed by atoms with Crippen LogP contribution in [0.2, 0.25) is 0 Å². The van der Waals surface area contributed by atoms with E-state index in [-0.39, 0.29) is 5.54 Å². The van der Waals surface area contributed by atoms with Gasteiger partial charge < -0.3 is 0 Å². The fourth-order valence-electron chi connectivity index (χ4n) is 7.41. The van der Waals surface area contributed by atoms with E-state index < -0.39 is 0 Å². The molecule has 0 spiro atoms. The minimum Gasteiger partial charge on any atom is -0.298 e. The first-order valence-corrected chi connectivity index (χ1v) is 14.8. The predicted octanol–water partition coefficient (Wildman–Crippen LogP) is 6.41. The predicted molar refractivity (Wildman–Crippen MR) is 153 cm³/mol. The molecule has 0 amide bonds. The van der Waals surface area contributed by atoms with Crippen LogP contribution in [0.1, 0.15) is 115 Å². The molecule has 0 aromatic heterocycles. The first-order chi connectivity index (χ1) is 16.1. The Bertz CT molecular complexity index is 658. The fourth-order valence-corrected chi connectivity index (χ4v) is 7.41. The third-order valence-electron chi connectivity index (χ3n) is 8.86. The number of hydrogen-bond acceptors (Lipinski definition) is 4. The second kappa shape index (κ2) is 11.1. The van der Waals surface area contributed by atoms with Gasteiger partial charge >= 0.3 is 0 Å². The van der Waals surface area contributed by atoms with Crippen LogP contribution in [0, 0.1) is 0 Å². The van der Waals surface area contributed by atoms with Crippen molar-refractivity contribution in [1.82, 2.24) is 19.6 Å². The third kappa shape index (κ3) is 7.33. The van der Waals surface area contributed by atoms with Crippen molar-refractivity contribution in [2.24, 2.45) is 0 Å². The van der Waals surface area contributed by atoms with E-state index >= 15 is 0 Å². The van der Waals surface area contributed by atoms with Gasteiger partial charge in [-0.3, -0.25) is 19.6 Å². The quantitative estimate of drug-likeness (QED) is 0.395. The second-order valence-corrected chi connectivity index (χ2v) is 15.1. The largest absolute Gasteiger partial charge is 0.298 e. The van der Waals surface area contributed by atoms with Gasteiger partial charge in [0.1, 0.15) is 0 Å². The van der Waals surface area contributed by atoms with Gasteiger partial charge in [0.2, 0.25) is 0 Å².